The lowest BCUT2D eigenvalue weighted by Gasteiger charge is -2.29. The molecule has 4 heteroatoms. The van der Waals surface area contributed by atoms with Gasteiger partial charge in [-0.25, -0.2) is 0 Å². The molecule has 108 valence electrons. The molecule has 0 unspecified atom stereocenters. The van der Waals surface area contributed by atoms with Gasteiger partial charge in [-0.05, 0) is 24.8 Å². The van der Waals surface area contributed by atoms with Gasteiger partial charge in [-0.1, -0.05) is 31.4 Å². The Morgan fingerprint density at radius 1 is 1.11 bits per heavy atom. The van der Waals surface area contributed by atoms with Crippen LogP contribution in [0.3, 0.4) is 0 Å². The zero-order valence-corrected chi connectivity index (χ0v) is 12.5. The fourth-order valence-electron chi connectivity index (χ4n) is 2.92. The maximum absolute atomic E-state index is 6.43. The highest BCUT2D eigenvalue weighted by Crippen LogP contribution is 2.40. The largest absolute Gasteiger partial charge is 0.493 e. The second-order valence-corrected chi connectivity index (χ2v) is 5.01. The van der Waals surface area contributed by atoms with E-state index in [-0.39, 0.29) is 18.4 Å². The van der Waals surface area contributed by atoms with Crippen molar-refractivity contribution in [1.29, 1.82) is 0 Å². The van der Waals surface area contributed by atoms with Crippen LogP contribution in [0.2, 0.25) is 0 Å². The van der Waals surface area contributed by atoms with Crippen LogP contribution < -0.4 is 15.2 Å². The molecule has 1 fully saturated rings. The van der Waals surface area contributed by atoms with Gasteiger partial charge in [0.25, 0.3) is 0 Å². The molecule has 0 amide bonds. The van der Waals surface area contributed by atoms with Gasteiger partial charge in [-0.3, -0.25) is 0 Å². The molecule has 1 saturated carbocycles. The van der Waals surface area contributed by atoms with Crippen molar-refractivity contribution in [1.82, 2.24) is 0 Å². The molecule has 1 aromatic rings. The molecule has 0 spiro atoms. The summed E-state index contributed by atoms with van der Waals surface area (Å²) < 4.78 is 10.8. The Bertz CT molecular complexity index is 392. The van der Waals surface area contributed by atoms with Crippen LogP contribution in [-0.2, 0) is 0 Å². The maximum atomic E-state index is 6.43. The zero-order chi connectivity index (χ0) is 13.0. The van der Waals surface area contributed by atoms with E-state index in [1.54, 1.807) is 14.2 Å². The second kappa shape index (κ2) is 7.61. The van der Waals surface area contributed by atoms with Crippen LogP contribution in [0.1, 0.15) is 43.7 Å². The number of halogens is 1. The van der Waals surface area contributed by atoms with Gasteiger partial charge in [0.15, 0.2) is 11.5 Å². The van der Waals surface area contributed by atoms with Crippen LogP contribution in [0.25, 0.3) is 0 Å². The van der Waals surface area contributed by atoms with Crippen molar-refractivity contribution in [2.75, 3.05) is 14.2 Å². The summed E-state index contributed by atoms with van der Waals surface area (Å²) in [4.78, 5) is 0. The van der Waals surface area contributed by atoms with E-state index in [1.807, 2.05) is 12.1 Å². The van der Waals surface area contributed by atoms with E-state index < -0.39 is 0 Å². The van der Waals surface area contributed by atoms with Gasteiger partial charge in [-0.2, -0.15) is 0 Å². The van der Waals surface area contributed by atoms with Crippen molar-refractivity contribution in [3.8, 4) is 11.5 Å². The molecular weight excluding hydrogens is 262 g/mol. The minimum Gasteiger partial charge on any atom is -0.493 e. The van der Waals surface area contributed by atoms with E-state index in [0.717, 1.165) is 17.1 Å². The van der Waals surface area contributed by atoms with E-state index in [1.165, 1.54) is 32.1 Å². The summed E-state index contributed by atoms with van der Waals surface area (Å²) in [5, 5.41) is 0. The Morgan fingerprint density at radius 2 is 1.79 bits per heavy atom. The summed E-state index contributed by atoms with van der Waals surface area (Å²) in [6.45, 7) is 0. The average molecular weight is 286 g/mol. The number of ether oxygens (including phenoxy) is 2. The minimum atomic E-state index is 0. The first-order chi connectivity index (χ1) is 8.77. The Hall–Kier alpha value is -0.930. The number of nitrogens with two attached hydrogens (primary N) is 1. The summed E-state index contributed by atoms with van der Waals surface area (Å²) in [6, 6.07) is 6.01. The second-order valence-electron chi connectivity index (χ2n) is 5.01. The Kier molecular flexibility index (Phi) is 6.46. The van der Waals surface area contributed by atoms with E-state index in [2.05, 4.69) is 6.07 Å². The smallest absolute Gasteiger partial charge is 0.165 e. The molecule has 0 radical (unpaired) electrons. The van der Waals surface area contributed by atoms with Gasteiger partial charge < -0.3 is 15.2 Å². The number of para-hydroxylation sites is 1. The van der Waals surface area contributed by atoms with Crippen molar-refractivity contribution in [2.45, 2.75) is 38.1 Å². The molecule has 2 rings (SSSR count). The molecule has 1 aromatic carbocycles. The van der Waals surface area contributed by atoms with Crippen LogP contribution in [0.15, 0.2) is 18.2 Å². The van der Waals surface area contributed by atoms with Crippen LogP contribution in [0.4, 0.5) is 0 Å². The first-order valence-electron chi connectivity index (χ1n) is 6.74. The molecule has 0 heterocycles. The molecule has 0 bridgehead atoms. The van der Waals surface area contributed by atoms with Crippen LogP contribution >= 0.6 is 12.4 Å². The molecule has 2 N–H and O–H groups in total. The fraction of sp³-hybridized carbons (Fsp3) is 0.600. The summed E-state index contributed by atoms with van der Waals surface area (Å²) in [5.74, 6) is 2.12. The molecule has 1 atom stereocenters. The third-order valence-corrected chi connectivity index (χ3v) is 3.95. The monoisotopic (exact) mass is 285 g/mol. The highest BCUT2D eigenvalue weighted by atomic mass is 35.5. The molecule has 0 aliphatic heterocycles. The van der Waals surface area contributed by atoms with Gasteiger partial charge in [0, 0.05) is 11.6 Å². The lowest BCUT2D eigenvalue weighted by molar-refractivity contribution is 0.296. The van der Waals surface area contributed by atoms with E-state index in [4.69, 9.17) is 15.2 Å². The summed E-state index contributed by atoms with van der Waals surface area (Å²) in [5.41, 5.74) is 7.51. The van der Waals surface area contributed by atoms with Gasteiger partial charge in [0.1, 0.15) is 0 Å². The van der Waals surface area contributed by atoms with Crippen molar-refractivity contribution in [3.05, 3.63) is 23.8 Å². The number of hydrogen-bond acceptors (Lipinski definition) is 3. The van der Waals surface area contributed by atoms with Gasteiger partial charge >= 0.3 is 0 Å². The lowest BCUT2D eigenvalue weighted by Crippen LogP contribution is -2.24. The SMILES string of the molecule is COc1cccc([C@H](N)C2CCCCC2)c1OC.Cl. The number of benzene rings is 1. The van der Waals surface area contributed by atoms with Crippen LogP contribution in [0.5, 0.6) is 11.5 Å². The molecule has 3 nitrogen and oxygen atoms in total. The van der Waals surface area contributed by atoms with Crippen LogP contribution in [-0.4, -0.2) is 14.2 Å². The molecule has 19 heavy (non-hydrogen) atoms. The number of methoxy groups -OCH3 is 2. The predicted octanol–water partition coefficient (Wildman–Crippen LogP) is 3.71. The van der Waals surface area contributed by atoms with E-state index in [0.29, 0.717) is 5.92 Å². The van der Waals surface area contributed by atoms with Crippen molar-refractivity contribution < 1.29 is 9.47 Å². The highest BCUT2D eigenvalue weighted by molar-refractivity contribution is 5.85. The van der Waals surface area contributed by atoms with Crippen molar-refractivity contribution >= 4 is 12.4 Å². The fourth-order valence-corrected chi connectivity index (χ4v) is 2.92. The van der Waals surface area contributed by atoms with Crippen LogP contribution in [0, 0.1) is 5.92 Å². The Labute approximate surface area is 121 Å². The molecule has 0 saturated heterocycles. The zero-order valence-electron chi connectivity index (χ0n) is 11.7. The first kappa shape index (κ1) is 16.1. The van der Waals surface area contributed by atoms with E-state index in [9.17, 15) is 0 Å². The quantitative estimate of drug-likeness (QED) is 0.917. The first-order valence-corrected chi connectivity index (χ1v) is 6.74. The number of hydrogen-bond donors (Lipinski definition) is 1. The lowest BCUT2D eigenvalue weighted by atomic mass is 9.81. The Balaban J connectivity index is 0.00000180. The highest BCUT2D eigenvalue weighted by Gasteiger charge is 2.25. The summed E-state index contributed by atoms with van der Waals surface area (Å²) >= 11 is 0. The van der Waals surface area contributed by atoms with Gasteiger partial charge in [0.2, 0.25) is 0 Å². The number of rotatable bonds is 4. The predicted molar refractivity (Wildman–Crippen MR) is 80.3 cm³/mol. The van der Waals surface area contributed by atoms with Gasteiger partial charge in [-0.15, -0.1) is 12.4 Å². The maximum Gasteiger partial charge on any atom is 0.165 e. The molecule has 0 aromatic heterocycles. The molecular formula is C15H24ClNO2. The average Bonchev–Trinajstić information content (AvgIpc) is 2.46. The normalized spacial score (nSPS) is 17.4. The third kappa shape index (κ3) is 3.54. The summed E-state index contributed by atoms with van der Waals surface area (Å²) in [7, 11) is 3.34. The molecule has 1 aliphatic rings. The minimum absolute atomic E-state index is 0. The topological polar surface area (TPSA) is 44.5 Å². The third-order valence-electron chi connectivity index (χ3n) is 3.95. The van der Waals surface area contributed by atoms with Gasteiger partial charge in [0.05, 0.1) is 14.2 Å². The van der Waals surface area contributed by atoms with Crippen molar-refractivity contribution in [2.24, 2.45) is 11.7 Å². The van der Waals surface area contributed by atoms with E-state index >= 15 is 0 Å². The Morgan fingerprint density at radius 3 is 2.37 bits per heavy atom. The standard InChI is InChI=1S/C15H23NO2.ClH/c1-17-13-10-6-9-12(15(13)18-2)14(16)11-7-4-3-5-8-11;/h6,9-11,14H,3-5,7-8,16H2,1-2H3;1H/t14-;/m1./s1. The van der Waals surface area contributed by atoms with Crippen molar-refractivity contribution in [3.63, 3.8) is 0 Å². The summed E-state index contributed by atoms with van der Waals surface area (Å²) in [6.07, 6.45) is 6.39. The molecule has 1 aliphatic carbocycles.